The van der Waals surface area contributed by atoms with Crippen LogP contribution in [-0.2, 0) is 9.53 Å². The highest BCUT2D eigenvalue weighted by Gasteiger charge is 2.58. The van der Waals surface area contributed by atoms with Crippen LogP contribution in [0.5, 0.6) is 0 Å². The first-order valence-corrected chi connectivity index (χ1v) is 9.21. The molecule has 0 N–H and O–H groups in total. The fourth-order valence-electron chi connectivity index (χ4n) is 5.50. The van der Waals surface area contributed by atoms with Crippen LogP contribution in [0.15, 0.2) is 48.1 Å². The van der Waals surface area contributed by atoms with E-state index in [4.69, 9.17) is 4.74 Å². The molecule has 4 rings (SSSR count). The first-order valence-electron chi connectivity index (χ1n) is 9.21. The highest BCUT2D eigenvalue weighted by molar-refractivity contribution is 5.87. The van der Waals surface area contributed by atoms with Gasteiger partial charge in [-0.3, -0.25) is 0 Å². The Labute approximate surface area is 144 Å². The quantitative estimate of drug-likeness (QED) is 0.444. The van der Waals surface area contributed by atoms with Gasteiger partial charge in [0.15, 0.2) is 0 Å². The minimum atomic E-state index is -0.197. The number of carbonyl (C=O) groups is 1. The van der Waals surface area contributed by atoms with Crippen molar-refractivity contribution in [3.05, 3.63) is 53.6 Å². The molecule has 0 aromatic heterocycles. The average molecular weight is 322 g/mol. The molecule has 1 aromatic carbocycles. The Morgan fingerprint density at radius 2 is 1.96 bits per heavy atom. The predicted octanol–water partition coefficient (Wildman–Crippen LogP) is 5.01. The van der Waals surface area contributed by atoms with Crippen LogP contribution in [-0.4, -0.2) is 12.1 Å². The number of ether oxygens (including phenoxy) is 1. The summed E-state index contributed by atoms with van der Waals surface area (Å²) in [6.45, 7) is 4.78. The summed E-state index contributed by atoms with van der Waals surface area (Å²) in [5, 5.41) is 0. The lowest BCUT2D eigenvalue weighted by Gasteiger charge is -2.27. The van der Waals surface area contributed by atoms with Crippen LogP contribution in [0.3, 0.4) is 0 Å². The molecule has 0 saturated heterocycles. The SMILES string of the molecule is CC1(C)C2=CCC[C@H]2[C@H]2[C@@H](OC(=O)/C=C/c3ccccc3)CC[C@H]21. The lowest BCUT2D eigenvalue weighted by Crippen LogP contribution is -2.27. The lowest BCUT2D eigenvalue weighted by molar-refractivity contribution is -0.145. The van der Waals surface area contributed by atoms with Crippen molar-refractivity contribution in [2.45, 2.75) is 45.6 Å². The molecule has 4 atom stereocenters. The summed E-state index contributed by atoms with van der Waals surface area (Å²) < 4.78 is 5.90. The zero-order valence-corrected chi connectivity index (χ0v) is 14.6. The summed E-state index contributed by atoms with van der Waals surface area (Å²) in [6.07, 6.45) is 10.6. The molecule has 24 heavy (non-hydrogen) atoms. The van der Waals surface area contributed by atoms with Gasteiger partial charge in [0, 0.05) is 12.0 Å². The van der Waals surface area contributed by atoms with E-state index >= 15 is 0 Å². The molecule has 2 heteroatoms. The predicted molar refractivity (Wildman–Crippen MR) is 96.2 cm³/mol. The maximum Gasteiger partial charge on any atom is 0.331 e. The molecule has 0 amide bonds. The number of benzene rings is 1. The van der Waals surface area contributed by atoms with E-state index < -0.39 is 0 Å². The van der Waals surface area contributed by atoms with Gasteiger partial charge in [0.1, 0.15) is 6.10 Å². The van der Waals surface area contributed by atoms with Crippen LogP contribution in [0, 0.1) is 23.2 Å². The summed E-state index contributed by atoms with van der Waals surface area (Å²) >= 11 is 0. The molecule has 3 aliphatic rings. The van der Waals surface area contributed by atoms with Crippen LogP contribution in [0.4, 0.5) is 0 Å². The van der Waals surface area contributed by atoms with Gasteiger partial charge in [-0.15, -0.1) is 0 Å². The molecule has 3 aliphatic carbocycles. The molecule has 0 radical (unpaired) electrons. The molecule has 0 heterocycles. The van der Waals surface area contributed by atoms with Gasteiger partial charge in [-0.1, -0.05) is 55.8 Å². The van der Waals surface area contributed by atoms with E-state index in [2.05, 4.69) is 19.9 Å². The largest absolute Gasteiger partial charge is 0.459 e. The fraction of sp³-hybridized carbons (Fsp3) is 0.500. The minimum Gasteiger partial charge on any atom is -0.459 e. The van der Waals surface area contributed by atoms with Crippen LogP contribution in [0.25, 0.3) is 6.08 Å². The highest BCUT2D eigenvalue weighted by atomic mass is 16.5. The van der Waals surface area contributed by atoms with Crippen molar-refractivity contribution >= 4 is 12.0 Å². The second-order valence-electron chi connectivity index (χ2n) is 8.05. The van der Waals surface area contributed by atoms with Crippen LogP contribution >= 0.6 is 0 Å². The molecular weight excluding hydrogens is 296 g/mol. The van der Waals surface area contributed by atoms with Crippen molar-refractivity contribution in [3.63, 3.8) is 0 Å². The Bertz CT molecular complexity index is 683. The van der Waals surface area contributed by atoms with Crippen molar-refractivity contribution in [1.82, 2.24) is 0 Å². The van der Waals surface area contributed by atoms with Gasteiger partial charge in [-0.05, 0) is 54.6 Å². The molecule has 126 valence electrons. The third kappa shape index (κ3) is 2.53. The zero-order valence-electron chi connectivity index (χ0n) is 14.6. The number of hydrogen-bond acceptors (Lipinski definition) is 2. The highest BCUT2D eigenvalue weighted by Crippen LogP contribution is 2.63. The smallest absolute Gasteiger partial charge is 0.331 e. The zero-order chi connectivity index (χ0) is 16.7. The molecule has 0 unspecified atom stereocenters. The summed E-state index contributed by atoms with van der Waals surface area (Å²) in [5.41, 5.74) is 2.95. The molecule has 2 nitrogen and oxygen atoms in total. The first kappa shape index (κ1) is 15.7. The Kier molecular flexibility index (Phi) is 3.86. The van der Waals surface area contributed by atoms with E-state index in [1.807, 2.05) is 36.4 Å². The maximum atomic E-state index is 12.3. The van der Waals surface area contributed by atoms with Gasteiger partial charge < -0.3 is 4.74 Å². The molecule has 0 spiro atoms. The number of carbonyl (C=O) groups excluding carboxylic acids is 1. The van der Waals surface area contributed by atoms with Crippen LogP contribution in [0.2, 0.25) is 0 Å². The molecule has 0 bridgehead atoms. The van der Waals surface area contributed by atoms with Gasteiger partial charge in [-0.25, -0.2) is 4.79 Å². The minimum absolute atomic E-state index is 0.0937. The second-order valence-corrected chi connectivity index (χ2v) is 8.05. The molecular formula is C22H26O2. The van der Waals surface area contributed by atoms with Gasteiger partial charge in [0.25, 0.3) is 0 Å². The standard InChI is InChI=1S/C22H26O2/c1-22(2)17-10-6-9-16(17)21-18(22)12-13-19(21)24-20(23)14-11-15-7-4-3-5-8-15/h3-5,7-8,10-11,14,16,18-19,21H,6,9,12-13H2,1-2H3/b14-11+/t16-,18-,19+,21-/m1/s1. The topological polar surface area (TPSA) is 26.3 Å². The monoisotopic (exact) mass is 322 g/mol. The van der Waals surface area contributed by atoms with Crippen molar-refractivity contribution in [2.24, 2.45) is 23.2 Å². The van der Waals surface area contributed by atoms with Crippen molar-refractivity contribution in [2.75, 3.05) is 0 Å². The Balaban J connectivity index is 1.46. The molecule has 2 saturated carbocycles. The first-order chi connectivity index (χ1) is 11.6. The average Bonchev–Trinajstić information content (AvgIpc) is 3.24. The normalized spacial score (nSPS) is 33.3. The molecule has 0 aliphatic heterocycles. The second kappa shape index (κ2) is 5.91. The van der Waals surface area contributed by atoms with Crippen LogP contribution in [0.1, 0.15) is 45.1 Å². The van der Waals surface area contributed by atoms with E-state index in [0.29, 0.717) is 17.8 Å². The Hall–Kier alpha value is -1.83. The summed E-state index contributed by atoms with van der Waals surface area (Å²) in [7, 11) is 0. The Morgan fingerprint density at radius 1 is 1.17 bits per heavy atom. The number of esters is 1. The van der Waals surface area contributed by atoms with Crippen molar-refractivity contribution < 1.29 is 9.53 Å². The third-order valence-corrected chi connectivity index (χ3v) is 6.51. The number of allylic oxidation sites excluding steroid dienone is 2. The Morgan fingerprint density at radius 3 is 2.75 bits per heavy atom. The van der Waals surface area contributed by atoms with E-state index in [1.54, 1.807) is 11.6 Å². The molecule has 2 fully saturated rings. The van der Waals surface area contributed by atoms with E-state index in [1.165, 1.54) is 19.3 Å². The maximum absolute atomic E-state index is 12.3. The van der Waals surface area contributed by atoms with Crippen molar-refractivity contribution in [3.8, 4) is 0 Å². The van der Waals surface area contributed by atoms with Gasteiger partial charge in [0.2, 0.25) is 0 Å². The van der Waals surface area contributed by atoms with Crippen molar-refractivity contribution in [1.29, 1.82) is 0 Å². The summed E-state index contributed by atoms with van der Waals surface area (Å²) in [6, 6.07) is 9.90. The summed E-state index contributed by atoms with van der Waals surface area (Å²) in [4.78, 5) is 12.3. The number of hydrogen-bond donors (Lipinski definition) is 0. The van der Waals surface area contributed by atoms with Gasteiger partial charge >= 0.3 is 5.97 Å². The van der Waals surface area contributed by atoms with Crippen LogP contribution < -0.4 is 0 Å². The number of fused-ring (bicyclic) bond motifs is 3. The molecule has 1 aromatic rings. The number of rotatable bonds is 3. The van der Waals surface area contributed by atoms with Gasteiger partial charge in [-0.2, -0.15) is 0 Å². The third-order valence-electron chi connectivity index (χ3n) is 6.51. The van der Waals surface area contributed by atoms with E-state index in [-0.39, 0.29) is 17.5 Å². The van der Waals surface area contributed by atoms with Gasteiger partial charge in [0.05, 0.1) is 0 Å². The fourth-order valence-corrected chi connectivity index (χ4v) is 5.50. The lowest BCUT2D eigenvalue weighted by atomic mass is 9.77. The van der Waals surface area contributed by atoms with E-state index in [0.717, 1.165) is 12.0 Å². The summed E-state index contributed by atoms with van der Waals surface area (Å²) in [5.74, 6) is 1.65. The van der Waals surface area contributed by atoms with E-state index in [9.17, 15) is 4.79 Å².